The van der Waals surface area contributed by atoms with E-state index in [1.165, 1.54) is 16.2 Å². The van der Waals surface area contributed by atoms with Crippen molar-refractivity contribution in [2.24, 2.45) is 0 Å². The normalized spacial score (nSPS) is 10.8. The molecule has 2 N–H and O–H groups in total. The molecular weight excluding hydrogens is 348 g/mol. The van der Waals surface area contributed by atoms with Gasteiger partial charge in [-0.15, -0.1) is 11.3 Å². The molecule has 1 amide bonds. The summed E-state index contributed by atoms with van der Waals surface area (Å²) in [6, 6.07) is 7.96. The Labute approximate surface area is 159 Å². The average Bonchev–Trinajstić information content (AvgIpc) is 3.04. The average molecular weight is 376 g/mol. The summed E-state index contributed by atoms with van der Waals surface area (Å²) in [5.74, 6) is -0.499. The summed E-state index contributed by atoms with van der Waals surface area (Å²) in [5.41, 5.74) is 3.31. The van der Waals surface area contributed by atoms with Crippen LogP contribution in [0.1, 0.15) is 36.7 Å². The number of carbonyl (C=O) groups excluding carboxylic acids is 2. The number of rotatable bonds is 8. The predicted molar refractivity (Wildman–Crippen MR) is 106 cm³/mol. The number of quaternary nitrogens is 1. The van der Waals surface area contributed by atoms with Crippen LogP contribution >= 0.6 is 11.3 Å². The molecule has 1 aromatic carbocycles. The Hall–Kier alpha value is -2.18. The number of carbonyl (C=O) groups is 2. The monoisotopic (exact) mass is 375 g/mol. The summed E-state index contributed by atoms with van der Waals surface area (Å²) in [7, 11) is 0. The lowest BCUT2D eigenvalue weighted by Crippen LogP contribution is -3.12. The third-order valence-corrected chi connectivity index (χ3v) is 5.19. The van der Waals surface area contributed by atoms with Crippen LogP contribution in [0.15, 0.2) is 29.6 Å². The predicted octanol–water partition coefficient (Wildman–Crippen LogP) is 2.76. The Morgan fingerprint density at radius 1 is 1.12 bits per heavy atom. The van der Waals surface area contributed by atoms with Crippen LogP contribution in [-0.4, -0.2) is 38.1 Å². The fourth-order valence-electron chi connectivity index (χ4n) is 2.70. The van der Waals surface area contributed by atoms with E-state index in [0.717, 1.165) is 29.8 Å². The highest BCUT2D eigenvalue weighted by Crippen LogP contribution is 2.36. The number of benzene rings is 1. The van der Waals surface area contributed by atoms with E-state index in [0.29, 0.717) is 23.7 Å². The van der Waals surface area contributed by atoms with E-state index in [9.17, 15) is 9.59 Å². The van der Waals surface area contributed by atoms with Crippen molar-refractivity contribution in [2.45, 2.75) is 27.7 Å². The molecule has 0 aliphatic heterocycles. The maximum atomic E-state index is 12.5. The molecule has 2 rings (SSSR count). The number of ether oxygens (including phenoxy) is 1. The van der Waals surface area contributed by atoms with Gasteiger partial charge in [0.25, 0.3) is 5.91 Å². The molecule has 0 spiro atoms. The van der Waals surface area contributed by atoms with Gasteiger partial charge >= 0.3 is 5.97 Å². The molecular formula is C20H27N2O3S+. The third kappa shape index (κ3) is 4.93. The Kier molecular flexibility index (Phi) is 7.36. The zero-order valence-electron chi connectivity index (χ0n) is 15.8. The molecule has 6 heteroatoms. The minimum Gasteiger partial charge on any atom is -0.462 e. The lowest BCUT2D eigenvalue weighted by atomic mass is 10.0. The number of hydrogen-bond acceptors (Lipinski definition) is 4. The molecule has 0 radical (unpaired) electrons. The van der Waals surface area contributed by atoms with Crippen LogP contribution in [0.25, 0.3) is 11.1 Å². The van der Waals surface area contributed by atoms with Crippen LogP contribution in [0.4, 0.5) is 5.00 Å². The molecule has 0 aliphatic carbocycles. The first-order chi connectivity index (χ1) is 12.5. The molecule has 0 saturated heterocycles. The quantitative estimate of drug-likeness (QED) is 0.698. The van der Waals surface area contributed by atoms with Crippen molar-refractivity contribution in [1.29, 1.82) is 0 Å². The van der Waals surface area contributed by atoms with E-state index in [2.05, 4.69) is 19.2 Å². The van der Waals surface area contributed by atoms with E-state index in [1.54, 1.807) is 6.92 Å². The first-order valence-corrected chi connectivity index (χ1v) is 9.87. The largest absolute Gasteiger partial charge is 0.462 e. The minimum atomic E-state index is -0.408. The summed E-state index contributed by atoms with van der Waals surface area (Å²) < 4.78 is 5.23. The molecule has 5 nitrogen and oxygen atoms in total. The Morgan fingerprint density at radius 2 is 1.77 bits per heavy atom. The lowest BCUT2D eigenvalue weighted by molar-refractivity contribution is -0.888. The van der Waals surface area contributed by atoms with Crippen LogP contribution in [0.5, 0.6) is 0 Å². The summed E-state index contributed by atoms with van der Waals surface area (Å²) in [6.07, 6.45) is 0. The van der Waals surface area contributed by atoms with Gasteiger partial charge < -0.3 is 15.0 Å². The smallest absolute Gasteiger partial charge is 0.341 e. The summed E-state index contributed by atoms with van der Waals surface area (Å²) >= 11 is 1.36. The van der Waals surface area contributed by atoms with E-state index in [4.69, 9.17) is 4.74 Å². The fraction of sp³-hybridized carbons (Fsp3) is 0.400. The van der Waals surface area contributed by atoms with Crippen LogP contribution in [-0.2, 0) is 9.53 Å². The van der Waals surface area contributed by atoms with Crippen molar-refractivity contribution in [3.63, 3.8) is 0 Å². The molecule has 0 aliphatic rings. The highest BCUT2D eigenvalue weighted by molar-refractivity contribution is 7.15. The molecule has 0 saturated carbocycles. The van der Waals surface area contributed by atoms with Gasteiger partial charge in [0, 0.05) is 10.9 Å². The van der Waals surface area contributed by atoms with Crippen molar-refractivity contribution >= 4 is 28.2 Å². The van der Waals surface area contributed by atoms with E-state index in [-0.39, 0.29) is 5.91 Å². The molecule has 0 bridgehead atoms. The number of amides is 1. The molecule has 2 aromatic rings. The van der Waals surface area contributed by atoms with Gasteiger partial charge in [-0.3, -0.25) is 4.79 Å². The van der Waals surface area contributed by atoms with Crippen LogP contribution < -0.4 is 10.2 Å². The topological polar surface area (TPSA) is 59.8 Å². The van der Waals surface area contributed by atoms with E-state index >= 15 is 0 Å². The standard InChI is InChI=1S/C20H26N2O3S/c1-5-22(6-2)12-17(23)21-19-18(20(24)25-7-3)16(13-26-19)15-10-8-14(4)9-11-15/h8-11,13H,5-7,12H2,1-4H3,(H,21,23)/p+1. The second-order valence-corrected chi connectivity index (χ2v) is 7.00. The van der Waals surface area contributed by atoms with Crippen molar-refractivity contribution < 1.29 is 19.2 Å². The SMILES string of the molecule is CCOC(=O)c1c(-c2ccc(C)cc2)csc1NC(=O)C[NH+](CC)CC. The second kappa shape index (κ2) is 9.50. The number of likely N-dealkylation sites (N-methyl/N-ethyl adjacent to an activating group) is 1. The number of nitrogens with one attached hydrogen (secondary N) is 2. The molecule has 140 valence electrons. The highest BCUT2D eigenvalue weighted by Gasteiger charge is 2.23. The van der Waals surface area contributed by atoms with Gasteiger partial charge in [0.2, 0.25) is 0 Å². The fourth-order valence-corrected chi connectivity index (χ4v) is 3.67. The number of esters is 1. The highest BCUT2D eigenvalue weighted by atomic mass is 32.1. The van der Waals surface area contributed by atoms with Gasteiger partial charge in [-0.05, 0) is 33.3 Å². The number of anilines is 1. The van der Waals surface area contributed by atoms with Crippen LogP contribution in [0.2, 0.25) is 0 Å². The van der Waals surface area contributed by atoms with E-state index in [1.807, 2.05) is 36.6 Å². The van der Waals surface area contributed by atoms with Gasteiger partial charge in [-0.25, -0.2) is 4.79 Å². The van der Waals surface area contributed by atoms with Crippen molar-refractivity contribution in [1.82, 2.24) is 0 Å². The first-order valence-electron chi connectivity index (χ1n) is 8.99. The number of hydrogen-bond donors (Lipinski definition) is 2. The maximum Gasteiger partial charge on any atom is 0.341 e. The molecule has 26 heavy (non-hydrogen) atoms. The maximum absolute atomic E-state index is 12.5. The summed E-state index contributed by atoms with van der Waals surface area (Å²) in [6.45, 7) is 10.3. The van der Waals surface area contributed by atoms with Gasteiger partial charge in [-0.1, -0.05) is 29.8 Å². The zero-order valence-corrected chi connectivity index (χ0v) is 16.7. The zero-order chi connectivity index (χ0) is 19.1. The number of thiophene rings is 1. The number of aryl methyl sites for hydroxylation is 1. The van der Waals surface area contributed by atoms with Gasteiger partial charge in [0.05, 0.1) is 19.7 Å². The molecule has 1 heterocycles. The summed E-state index contributed by atoms with van der Waals surface area (Å²) in [5, 5.41) is 5.36. The van der Waals surface area contributed by atoms with Crippen molar-refractivity contribution in [3.05, 3.63) is 40.8 Å². The minimum absolute atomic E-state index is 0.0912. The Bertz CT molecular complexity index is 749. The molecule has 1 aromatic heterocycles. The van der Waals surface area contributed by atoms with Crippen molar-refractivity contribution in [3.8, 4) is 11.1 Å². The van der Waals surface area contributed by atoms with Crippen LogP contribution in [0.3, 0.4) is 0 Å². The Morgan fingerprint density at radius 3 is 2.35 bits per heavy atom. The third-order valence-electron chi connectivity index (χ3n) is 4.30. The molecule has 0 unspecified atom stereocenters. The Balaban J connectivity index is 2.32. The first kappa shape index (κ1) is 20.1. The van der Waals surface area contributed by atoms with Gasteiger partial charge in [-0.2, -0.15) is 0 Å². The van der Waals surface area contributed by atoms with Crippen molar-refractivity contribution in [2.75, 3.05) is 31.6 Å². The molecule has 0 fully saturated rings. The lowest BCUT2D eigenvalue weighted by Gasteiger charge is -2.15. The van der Waals surface area contributed by atoms with Gasteiger partial charge in [0.15, 0.2) is 6.54 Å². The molecule has 0 atom stereocenters. The second-order valence-electron chi connectivity index (χ2n) is 6.12. The van der Waals surface area contributed by atoms with Gasteiger partial charge in [0.1, 0.15) is 10.6 Å². The summed E-state index contributed by atoms with van der Waals surface area (Å²) in [4.78, 5) is 26.1. The van der Waals surface area contributed by atoms with Crippen LogP contribution in [0, 0.1) is 6.92 Å². The van der Waals surface area contributed by atoms with E-state index < -0.39 is 5.97 Å².